The van der Waals surface area contributed by atoms with Crippen molar-refractivity contribution in [3.05, 3.63) is 0 Å². The Balaban J connectivity index is 2.99. The zero-order valence-electron chi connectivity index (χ0n) is 3.80. The lowest BCUT2D eigenvalue weighted by molar-refractivity contribution is 0.337. The summed E-state index contributed by atoms with van der Waals surface area (Å²) in [6.07, 6.45) is 0. The summed E-state index contributed by atoms with van der Waals surface area (Å²) >= 11 is 7.92. The third-order valence-electron chi connectivity index (χ3n) is 0.308. The Morgan fingerprint density at radius 3 is 2.62 bits per heavy atom. The van der Waals surface area contributed by atoms with Crippen molar-refractivity contribution in [1.29, 1.82) is 0 Å². The largest absolute Gasteiger partial charge is 0.322 e. The lowest BCUT2D eigenvalue weighted by Crippen LogP contribution is -1.98. The molecule has 0 aliphatic carbocycles. The van der Waals surface area contributed by atoms with Crippen molar-refractivity contribution in [1.82, 2.24) is 0 Å². The van der Waals surface area contributed by atoms with Crippen LogP contribution in [-0.2, 0) is 19.3 Å². The van der Waals surface area contributed by atoms with Crippen LogP contribution in [-0.4, -0.2) is 16.7 Å². The molecule has 0 aliphatic heterocycles. The van der Waals surface area contributed by atoms with Crippen molar-refractivity contribution >= 4 is 34.8 Å². The van der Waals surface area contributed by atoms with E-state index in [1.807, 2.05) is 0 Å². The van der Waals surface area contributed by atoms with Gasteiger partial charge in [-0.15, -0.1) is 11.6 Å². The molecule has 0 aliphatic rings. The highest BCUT2D eigenvalue weighted by Crippen LogP contribution is 1.91. The third kappa shape index (κ3) is 4.80. The van der Waals surface area contributed by atoms with E-state index in [2.05, 4.69) is 19.8 Å². The van der Waals surface area contributed by atoms with Gasteiger partial charge in [0, 0.05) is 5.88 Å². The van der Waals surface area contributed by atoms with Crippen LogP contribution in [0.1, 0.15) is 0 Å². The third-order valence-corrected chi connectivity index (χ3v) is 1.23. The summed E-state index contributed by atoms with van der Waals surface area (Å²) in [7, 11) is 0. The van der Waals surface area contributed by atoms with Gasteiger partial charge in [-0.1, -0.05) is 0 Å². The molecule has 1 unspecified atom stereocenters. The van der Waals surface area contributed by atoms with Gasteiger partial charge in [0.25, 0.3) is 0 Å². The molecule has 0 fully saturated rings. The fraction of sp³-hybridized carbons (Fsp3) is 1.00. The molecule has 0 radical (unpaired) electrons. The first kappa shape index (κ1) is 8.65. The van der Waals surface area contributed by atoms with Crippen LogP contribution in [0.25, 0.3) is 0 Å². The standard InChI is InChI=1S/C2H4Cl2O3S/c3-1-2-6-8(5)7-4/h1-2H2. The Labute approximate surface area is 59.9 Å². The number of hydrogen-bond donors (Lipinski definition) is 0. The van der Waals surface area contributed by atoms with E-state index in [0.717, 1.165) is 0 Å². The molecular weight excluding hydrogens is 175 g/mol. The van der Waals surface area contributed by atoms with E-state index in [-0.39, 0.29) is 12.5 Å². The van der Waals surface area contributed by atoms with Crippen LogP contribution in [0.3, 0.4) is 0 Å². The average molecular weight is 179 g/mol. The fourth-order valence-electron chi connectivity index (χ4n) is 0.118. The molecule has 0 heterocycles. The van der Waals surface area contributed by atoms with Crippen LogP contribution in [0.2, 0.25) is 0 Å². The molecule has 0 amide bonds. The van der Waals surface area contributed by atoms with E-state index in [0.29, 0.717) is 0 Å². The van der Waals surface area contributed by atoms with E-state index in [1.54, 1.807) is 0 Å². The monoisotopic (exact) mass is 178 g/mol. The topological polar surface area (TPSA) is 35.5 Å². The predicted octanol–water partition coefficient (Wildman–Crippen LogP) is 0.991. The van der Waals surface area contributed by atoms with Crippen LogP contribution in [0.5, 0.6) is 0 Å². The molecule has 0 bridgehead atoms. The van der Waals surface area contributed by atoms with E-state index in [9.17, 15) is 4.21 Å². The Morgan fingerprint density at radius 1 is 1.62 bits per heavy atom. The van der Waals surface area contributed by atoms with Gasteiger partial charge >= 0.3 is 11.4 Å². The molecule has 1 atom stereocenters. The summed E-state index contributed by atoms with van der Waals surface area (Å²) in [5, 5.41) is 0. The fourth-order valence-corrected chi connectivity index (χ4v) is 0.651. The normalized spacial score (nSPS) is 13.8. The summed E-state index contributed by atoms with van der Waals surface area (Å²) in [5.41, 5.74) is 0. The van der Waals surface area contributed by atoms with Gasteiger partial charge < -0.3 is 0 Å². The zero-order valence-corrected chi connectivity index (χ0v) is 6.13. The van der Waals surface area contributed by atoms with E-state index in [4.69, 9.17) is 11.6 Å². The highest BCUT2D eigenvalue weighted by Gasteiger charge is 1.95. The molecule has 8 heavy (non-hydrogen) atoms. The minimum Gasteiger partial charge on any atom is -0.266 e. The molecule has 6 heteroatoms. The molecule has 0 spiro atoms. The number of hydrogen-bond acceptors (Lipinski definition) is 3. The van der Waals surface area contributed by atoms with Crippen molar-refractivity contribution < 1.29 is 12.1 Å². The quantitative estimate of drug-likeness (QED) is 0.603. The molecule has 0 aromatic heterocycles. The molecule has 50 valence electrons. The summed E-state index contributed by atoms with van der Waals surface area (Å²) in [4.78, 5) is 0. The van der Waals surface area contributed by atoms with Gasteiger partial charge in [0.1, 0.15) is 0 Å². The van der Waals surface area contributed by atoms with Crippen molar-refractivity contribution in [2.45, 2.75) is 0 Å². The Morgan fingerprint density at radius 2 is 2.25 bits per heavy atom. The van der Waals surface area contributed by atoms with Crippen LogP contribution in [0.15, 0.2) is 0 Å². The maximum atomic E-state index is 10.0. The Bertz CT molecular complexity index is 77.7. The van der Waals surface area contributed by atoms with Gasteiger partial charge in [-0.3, -0.25) is 4.18 Å². The minimum absolute atomic E-state index is 0.168. The molecule has 3 nitrogen and oxygen atoms in total. The van der Waals surface area contributed by atoms with Gasteiger partial charge in [-0.2, -0.15) is 7.94 Å². The average Bonchev–Trinajstić information content (AvgIpc) is 1.83. The second-order valence-corrected chi connectivity index (χ2v) is 2.30. The molecule has 0 N–H and O–H groups in total. The second-order valence-electron chi connectivity index (χ2n) is 0.778. The lowest BCUT2D eigenvalue weighted by atomic mass is 10.9. The molecule has 0 rings (SSSR count). The first-order chi connectivity index (χ1) is 3.81. The first-order valence-electron chi connectivity index (χ1n) is 1.71. The van der Waals surface area contributed by atoms with E-state index >= 15 is 0 Å². The van der Waals surface area contributed by atoms with Crippen molar-refractivity contribution in [2.75, 3.05) is 12.5 Å². The van der Waals surface area contributed by atoms with E-state index in [1.165, 1.54) is 0 Å². The van der Waals surface area contributed by atoms with E-state index < -0.39 is 11.4 Å². The van der Waals surface area contributed by atoms with Crippen molar-refractivity contribution in [3.63, 3.8) is 0 Å². The number of rotatable bonds is 4. The van der Waals surface area contributed by atoms with Crippen LogP contribution in [0.4, 0.5) is 0 Å². The summed E-state index contributed by atoms with van der Waals surface area (Å²) < 4.78 is 18.1. The number of alkyl halides is 1. The minimum atomic E-state index is -1.85. The van der Waals surface area contributed by atoms with Crippen LogP contribution < -0.4 is 0 Å². The first-order valence-corrected chi connectivity index (χ1v) is 3.55. The molecule has 0 aromatic carbocycles. The van der Waals surface area contributed by atoms with Crippen molar-refractivity contribution in [2.24, 2.45) is 0 Å². The van der Waals surface area contributed by atoms with Gasteiger partial charge in [0.2, 0.25) is 0 Å². The van der Waals surface area contributed by atoms with Crippen LogP contribution in [0, 0.1) is 0 Å². The molecule has 0 saturated carbocycles. The summed E-state index contributed by atoms with van der Waals surface area (Å²) in [6.45, 7) is 0.168. The highest BCUT2D eigenvalue weighted by molar-refractivity contribution is 7.75. The molecule has 0 aromatic rings. The van der Waals surface area contributed by atoms with Gasteiger partial charge in [0.15, 0.2) is 0 Å². The van der Waals surface area contributed by atoms with Gasteiger partial charge in [-0.05, 0) is 0 Å². The highest BCUT2D eigenvalue weighted by atomic mass is 35.5. The molecule has 0 saturated heterocycles. The Kier molecular flexibility index (Phi) is 6.25. The number of halogens is 2. The van der Waals surface area contributed by atoms with Crippen LogP contribution >= 0.6 is 23.5 Å². The second kappa shape index (κ2) is 5.78. The van der Waals surface area contributed by atoms with Gasteiger partial charge in [0.05, 0.1) is 18.5 Å². The smallest absolute Gasteiger partial charge is 0.266 e. The van der Waals surface area contributed by atoms with Crippen molar-refractivity contribution in [3.8, 4) is 0 Å². The Hall–Kier alpha value is 0.650. The summed E-state index contributed by atoms with van der Waals surface area (Å²) in [6, 6.07) is 0. The zero-order chi connectivity index (χ0) is 6.41. The maximum Gasteiger partial charge on any atom is 0.322 e. The molecular formula is C2H4Cl2O3S. The SMILES string of the molecule is O=S(OCl)OCCCl. The summed E-state index contributed by atoms with van der Waals surface area (Å²) in [5.74, 6) is 0.270. The lowest BCUT2D eigenvalue weighted by Gasteiger charge is -1.91. The predicted molar refractivity (Wildman–Crippen MR) is 31.8 cm³/mol. The maximum absolute atomic E-state index is 10.0. The van der Waals surface area contributed by atoms with Gasteiger partial charge in [-0.25, -0.2) is 0 Å².